The van der Waals surface area contributed by atoms with Crippen LogP contribution < -0.4 is 10.6 Å². The Labute approximate surface area is 147 Å². The van der Waals surface area contributed by atoms with Crippen molar-refractivity contribution >= 4 is 11.9 Å². The number of nitrogens with one attached hydrogen (secondary N) is 3. The SMILES string of the molecule is CC(NC(=O)/C(C#N)=C\Nc1ncn[nH]1)C12CC3CC(CC(C3)C1)C2. The fourth-order valence-corrected chi connectivity index (χ4v) is 5.70. The van der Waals surface area contributed by atoms with Crippen LogP contribution in [-0.4, -0.2) is 27.1 Å². The first-order chi connectivity index (χ1) is 12.1. The van der Waals surface area contributed by atoms with Crippen molar-refractivity contribution in [1.29, 1.82) is 5.26 Å². The molecule has 0 radical (unpaired) electrons. The Morgan fingerprint density at radius 2 is 2.00 bits per heavy atom. The predicted octanol–water partition coefficient (Wildman–Crippen LogP) is 2.35. The molecule has 0 aliphatic heterocycles. The van der Waals surface area contributed by atoms with E-state index in [0.29, 0.717) is 5.95 Å². The third-order valence-corrected chi connectivity index (χ3v) is 6.49. The molecule has 1 atom stereocenters. The summed E-state index contributed by atoms with van der Waals surface area (Å²) >= 11 is 0. The molecule has 4 bridgehead atoms. The summed E-state index contributed by atoms with van der Waals surface area (Å²) in [6.45, 7) is 2.11. The lowest BCUT2D eigenvalue weighted by molar-refractivity contribution is -0.122. The van der Waals surface area contributed by atoms with Gasteiger partial charge in [-0.2, -0.15) is 15.3 Å². The third kappa shape index (κ3) is 3.01. The van der Waals surface area contributed by atoms with Gasteiger partial charge in [0.15, 0.2) is 0 Å². The standard InChI is InChI=1S/C18H24N6O/c1-11(18-5-12-2-13(6-18)4-14(3-12)7-18)23-16(25)15(8-19)9-20-17-21-10-22-24-17/h9-14H,2-7H2,1H3,(H,23,25)(H2,20,21,22,24)/b15-9-. The number of hydrogen-bond acceptors (Lipinski definition) is 5. The zero-order valence-corrected chi connectivity index (χ0v) is 14.5. The number of hydrogen-bond donors (Lipinski definition) is 3. The molecule has 0 aromatic carbocycles. The van der Waals surface area contributed by atoms with Crippen LogP contribution in [-0.2, 0) is 4.79 Å². The molecule has 0 saturated heterocycles. The number of H-pyrrole nitrogens is 1. The van der Waals surface area contributed by atoms with Crippen molar-refractivity contribution in [2.45, 2.75) is 51.5 Å². The van der Waals surface area contributed by atoms with Crippen LogP contribution in [0.1, 0.15) is 45.4 Å². The summed E-state index contributed by atoms with van der Waals surface area (Å²) in [5.41, 5.74) is 0.275. The van der Waals surface area contributed by atoms with Crippen molar-refractivity contribution in [3.63, 3.8) is 0 Å². The van der Waals surface area contributed by atoms with Crippen LogP contribution >= 0.6 is 0 Å². The Morgan fingerprint density at radius 1 is 1.36 bits per heavy atom. The molecule has 0 spiro atoms. The van der Waals surface area contributed by atoms with Gasteiger partial charge < -0.3 is 10.6 Å². The van der Waals surface area contributed by atoms with Crippen LogP contribution in [0.15, 0.2) is 18.1 Å². The number of nitrogens with zero attached hydrogens (tertiary/aromatic N) is 3. The van der Waals surface area contributed by atoms with E-state index in [1.807, 2.05) is 6.07 Å². The summed E-state index contributed by atoms with van der Waals surface area (Å²) in [7, 11) is 0. The van der Waals surface area contributed by atoms with Crippen molar-refractivity contribution in [1.82, 2.24) is 20.5 Å². The summed E-state index contributed by atoms with van der Waals surface area (Å²) in [4.78, 5) is 16.5. The van der Waals surface area contributed by atoms with E-state index in [0.717, 1.165) is 17.8 Å². The summed E-state index contributed by atoms with van der Waals surface area (Å²) in [6.07, 6.45) is 10.5. The number of carbonyl (C=O) groups excluding carboxylic acids is 1. The van der Waals surface area contributed by atoms with Gasteiger partial charge >= 0.3 is 0 Å². The highest BCUT2D eigenvalue weighted by molar-refractivity contribution is 5.97. The zero-order chi connectivity index (χ0) is 17.4. The Hall–Kier alpha value is -2.36. The van der Waals surface area contributed by atoms with Gasteiger partial charge in [-0.15, -0.1) is 0 Å². The lowest BCUT2D eigenvalue weighted by atomic mass is 9.48. The van der Waals surface area contributed by atoms with Crippen LogP contribution in [0.3, 0.4) is 0 Å². The van der Waals surface area contributed by atoms with Gasteiger partial charge in [0, 0.05) is 12.2 Å². The van der Waals surface area contributed by atoms with Crippen molar-refractivity contribution in [3.8, 4) is 6.07 Å². The minimum atomic E-state index is -0.322. The molecule has 1 aromatic heterocycles. The van der Waals surface area contributed by atoms with E-state index in [-0.39, 0.29) is 22.9 Å². The Balaban J connectivity index is 1.43. The van der Waals surface area contributed by atoms with Gasteiger partial charge in [-0.25, -0.2) is 5.10 Å². The molecule has 3 N–H and O–H groups in total. The highest BCUT2D eigenvalue weighted by Gasteiger charge is 2.53. The van der Waals surface area contributed by atoms with E-state index < -0.39 is 0 Å². The summed E-state index contributed by atoms with van der Waals surface area (Å²) in [5, 5.41) is 21.5. The van der Waals surface area contributed by atoms with Gasteiger partial charge in [0.2, 0.25) is 5.95 Å². The summed E-state index contributed by atoms with van der Waals surface area (Å²) < 4.78 is 0. The number of anilines is 1. The minimum absolute atomic E-state index is 0.0491. The lowest BCUT2D eigenvalue weighted by Gasteiger charge is -2.59. The predicted molar refractivity (Wildman–Crippen MR) is 91.9 cm³/mol. The second kappa shape index (κ2) is 6.17. The van der Waals surface area contributed by atoms with E-state index in [1.165, 1.54) is 51.1 Å². The molecule has 5 rings (SSSR count). The van der Waals surface area contributed by atoms with Crippen molar-refractivity contribution in [2.24, 2.45) is 23.2 Å². The van der Waals surface area contributed by atoms with Gasteiger partial charge in [-0.3, -0.25) is 4.79 Å². The number of rotatable bonds is 5. The molecule has 1 amide bonds. The number of nitriles is 1. The average molecular weight is 340 g/mol. The second-order valence-corrected chi connectivity index (χ2v) is 8.12. The van der Waals surface area contributed by atoms with Crippen LogP contribution in [0, 0.1) is 34.5 Å². The van der Waals surface area contributed by atoms with E-state index in [9.17, 15) is 10.1 Å². The van der Waals surface area contributed by atoms with Crippen LogP contribution in [0.25, 0.3) is 0 Å². The molecule has 132 valence electrons. The molecule has 4 aliphatic rings. The first-order valence-corrected chi connectivity index (χ1v) is 9.11. The third-order valence-electron chi connectivity index (χ3n) is 6.49. The number of aromatic nitrogens is 3. The summed E-state index contributed by atoms with van der Waals surface area (Å²) in [6, 6.07) is 2.06. The van der Waals surface area contributed by atoms with Gasteiger partial charge in [0.1, 0.15) is 18.0 Å². The first-order valence-electron chi connectivity index (χ1n) is 9.11. The van der Waals surface area contributed by atoms with E-state index in [4.69, 9.17) is 0 Å². The molecule has 4 saturated carbocycles. The quantitative estimate of drug-likeness (QED) is 0.563. The maximum absolute atomic E-state index is 12.5. The molecule has 1 heterocycles. The van der Waals surface area contributed by atoms with E-state index in [1.54, 1.807) is 0 Å². The molecule has 7 heteroatoms. The zero-order valence-electron chi connectivity index (χ0n) is 14.5. The van der Waals surface area contributed by atoms with Gasteiger partial charge in [0.05, 0.1) is 0 Å². The van der Waals surface area contributed by atoms with Gasteiger partial charge in [-0.1, -0.05) is 0 Å². The van der Waals surface area contributed by atoms with Crippen LogP contribution in [0.4, 0.5) is 5.95 Å². The normalized spacial score (nSPS) is 34.4. The smallest absolute Gasteiger partial charge is 0.263 e. The van der Waals surface area contributed by atoms with Gasteiger partial charge in [0.25, 0.3) is 5.91 Å². The Morgan fingerprint density at radius 3 is 2.52 bits per heavy atom. The maximum atomic E-state index is 12.5. The molecule has 4 aliphatic carbocycles. The average Bonchev–Trinajstić information content (AvgIpc) is 3.07. The molecular formula is C18H24N6O. The molecule has 4 fully saturated rings. The fourth-order valence-electron chi connectivity index (χ4n) is 5.70. The molecule has 1 aromatic rings. The monoisotopic (exact) mass is 340 g/mol. The highest BCUT2D eigenvalue weighted by Crippen LogP contribution is 2.61. The van der Waals surface area contributed by atoms with Crippen molar-refractivity contribution in [2.75, 3.05) is 5.32 Å². The summed E-state index contributed by atoms with van der Waals surface area (Å²) in [5.74, 6) is 2.59. The molecule has 25 heavy (non-hydrogen) atoms. The number of aromatic amines is 1. The topological polar surface area (TPSA) is 106 Å². The number of carbonyl (C=O) groups is 1. The van der Waals surface area contributed by atoms with E-state index in [2.05, 4.69) is 32.7 Å². The minimum Gasteiger partial charge on any atom is -0.348 e. The fraction of sp³-hybridized carbons (Fsp3) is 0.667. The maximum Gasteiger partial charge on any atom is 0.263 e. The molecular weight excluding hydrogens is 316 g/mol. The van der Waals surface area contributed by atoms with Gasteiger partial charge in [-0.05, 0) is 68.6 Å². The van der Waals surface area contributed by atoms with Crippen molar-refractivity contribution in [3.05, 3.63) is 18.1 Å². The Kier molecular flexibility index (Phi) is 3.98. The second-order valence-electron chi connectivity index (χ2n) is 8.12. The molecule has 1 unspecified atom stereocenters. The van der Waals surface area contributed by atoms with Crippen molar-refractivity contribution < 1.29 is 4.79 Å². The highest BCUT2D eigenvalue weighted by atomic mass is 16.1. The Bertz CT molecular complexity index is 681. The lowest BCUT2D eigenvalue weighted by Crippen LogP contribution is -2.56. The molecule has 7 nitrogen and oxygen atoms in total. The van der Waals surface area contributed by atoms with Crippen LogP contribution in [0.5, 0.6) is 0 Å². The largest absolute Gasteiger partial charge is 0.348 e. The van der Waals surface area contributed by atoms with E-state index >= 15 is 0 Å². The van der Waals surface area contributed by atoms with Crippen LogP contribution in [0.2, 0.25) is 0 Å². The number of amides is 1. The first kappa shape index (κ1) is 16.1.